The van der Waals surface area contributed by atoms with Gasteiger partial charge in [0.05, 0.1) is 5.92 Å². The highest BCUT2D eigenvalue weighted by atomic mass is 32.2. The summed E-state index contributed by atoms with van der Waals surface area (Å²) in [6.07, 6.45) is 9.17. The zero-order valence-corrected chi connectivity index (χ0v) is 13.0. The molecule has 21 heavy (non-hydrogen) atoms. The van der Waals surface area contributed by atoms with Gasteiger partial charge in [0.25, 0.3) is 0 Å². The number of fused-ring (bicyclic) bond motifs is 1. The molecule has 0 saturated heterocycles. The first-order valence-electron chi connectivity index (χ1n) is 7.01. The molecule has 0 radical (unpaired) electrons. The molecular weight excluding hydrogens is 284 g/mol. The van der Waals surface area contributed by atoms with Crippen molar-refractivity contribution in [1.29, 1.82) is 0 Å². The molecular formula is C17H18O3S. The molecule has 1 aliphatic heterocycles. The monoisotopic (exact) mass is 302 g/mol. The van der Waals surface area contributed by atoms with E-state index in [4.69, 9.17) is 9.47 Å². The van der Waals surface area contributed by atoms with Gasteiger partial charge in [0, 0.05) is 0 Å². The molecule has 1 aromatic rings. The zero-order chi connectivity index (χ0) is 14.8. The minimum Gasteiger partial charge on any atom is -0.454 e. The van der Waals surface area contributed by atoms with Crippen molar-refractivity contribution < 1.29 is 14.3 Å². The maximum atomic E-state index is 12.1. The fraction of sp³-hybridized carbons (Fsp3) is 0.353. The number of rotatable bonds is 3. The van der Waals surface area contributed by atoms with Crippen molar-refractivity contribution in [3.63, 3.8) is 0 Å². The number of allylic oxidation sites excluding steroid dienone is 3. The minimum absolute atomic E-state index is 0.0188. The largest absolute Gasteiger partial charge is 0.454 e. The Kier molecular flexibility index (Phi) is 4.06. The van der Waals surface area contributed by atoms with Crippen molar-refractivity contribution in [3.05, 3.63) is 41.5 Å². The maximum absolute atomic E-state index is 12.1. The van der Waals surface area contributed by atoms with Crippen LogP contribution in [0.2, 0.25) is 0 Å². The summed E-state index contributed by atoms with van der Waals surface area (Å²) >= 11 is 1.32. The van der Waals surface area contributed by atoms with Gasteiger partial charge in [-0.25, -0.2) is 0 Å². The molecule has 0 amide bonds. The van der Waals surface area contributed by atoms with Gasteiger partial charge < -0.3 is 9.47 Å². The van der Waals surface area contributed by atoms with E-state index < -0.39 is 0 Å². The first kappa shape index (κ1) is 14.3. The summed E-state index contributed by atoms with van der Waals surface area (Å²) in [4.78, 5) is 12.1. The van der Waals surface area contributed by atoms with Crippen molar-refractivity contribution in [2.45, 2.75) is 13.3 Å². The molecule has 2 atom stereocenters. The molecule has 1 heterocycles. The van der Waals surface area contributed by atoms with E-state index in [9.17, 15) is 4.79 Å². The predicted molar refractivity (Wildman–Crippen MR) is 85.5 cm³/mol. The Bertz CT molecular complexity index is 618. The van der Waals surface area contributed by atoms with Gasteiger partial charge in [0.1, 0.15) is 0 Å². The smallest absolute Gasteiger partial charge is 0.231 e. The fourth-order valence-corrected chi connectivity index (χ4v) is 3.47. The van der Waals surface area contributed by atoms with Crippen LogP contribution < -0.4 is 9.47 Å². The molecule has 0 N–H and O–H groups in total. The summed E-state index contributed by atoms with van der Waals surface area (Å²) in [7, 11) is 0. The maximum Gasteiger partial charge on any atom is 0.231 e. The Morgan fingerprint density at radius 2 is 2.14 bits per heavy atom. The van der Waals surface area contributed by atoms with E-state index in [1.807, 2.05) is 31.4 Å². The highest BCUT2D eigenvalue weighted by Crippen LogP contribution is 2.37. The van der Waals surface area contributed by atoms with Crippen LogP contribution in [0, 0.1) is 11.8 Å². The van der Waals surface area contributed by atoms with E-state index in [2.05, 4.69) is 18.2 Å². The van der Waals surface area contributed by atoms with Gasteiger partial charge in [0.15, 0.2) is 16.6 Å². The number of thioether (sulfide) groups is 1. The third-order valence-electron chi connectivity index (χ3n) is 4.02. The summed E-state index contributed by atoms with van der Waals surface area (Å²) in [5.41, 5.74) is 2.26. The quantitative estimate of drug-likeness (QED) is 0.793. The summed E-state index contributed by atoms with van der Waals surface area (Å²) in [6, 6.07) is 5.90. The van der Waals surface area contributed by atoms with Crippen molar-refractivity contribution in [2.24, 2.45) is 11.8 Å². The molecule has 1 aliphatic carbocycles. The van der Waals surface area contributed by atoms with E-state index in [0.29, 0.717) is 6.79 Å². The van der Waals surface area contributed by atoms with Gasteiger partial charge >= 0.3 is 0 Å². The van der Waals surface area contributed by atoms with Crippen LogP contribution in [-0.2, 0) is 4.79 Å². The van der Waals surface area contributed by atoms with Crippen LogP contribution in [-0.4, -0.2) is 18.2 Å². The number of ether oxygens (including phenoxy) is 2. The molecule has 0 spiro atoms. The second-order valence-electron chi connectivity index (χ2n) is 5.32. The van der Waals surface area contributed by atoms with E-state index >= 15 is 0 Å². The van der Waals surface area contributed by atoms with Crippen LogP contribution in [0.15, 0.2) is 35.9 Å². The number of hydrogen-bond acceptors (Lipinski definition) is 4. The number of carbonyl (C=O) groups is 1. The van der Waals surface area contributed by atoms with Gasteiger partial charge in [-0.2, -0.15) is 0 Å². The summed E-state index contributed by atoms with van der Waals surface area (Å²) in [5, 5.41) is 0.251. The number of carbonyl (C=O) groups excluding carboxylic acids is 1. The van der Waals surface area contributed by atoms with Crippen LogP contribution in [0.5, 0.6) is 11.5 Å². The van der Waals surface area contributed by atoms with Crippen LogP contribution in [0.3, 0.4) is 0 Å². The number of hydrogen-bond donors (Lipinski definition) is 0. The predicted octanol–water partition coefficient (Wildman–Crippen LogP) is 3.90. The molecule has 4 heteroatoms. The van der Waals surface area contributed by atoms with Gasteiger partial charge in [0.2, 0.25) is 6.79 Å². The third kappa shape index (κ3) is 2.86. The van der Waals surface area contributed by atoms with Crippen LogP contribution in [0.25, 0.3) is 6.08 Å². The highest BCUT2D eigenvalue weighted by Gasteiger charge is 2.31. The average molecular weight is 302 g/mol. The molecule has 3 rings (SSSR count). The van der Waals surface area contributed by atoms with Gasteiger partial charge in [-0.1, -0.05) is 41.6 Å². The lowest BCUT2D eigenvalue weighted by molar-refractivity contribution is -0.114. The zero-order valence-electron chi connectivity index (χ0n) is 12.2. The van der Waals surface area contributed by atoms with Crippen molar-refractivity contribution in [1.82, 2.24) is 0 Å². The van der Waals surface area contributed by atoms with E-state index in [1.165, 1.54) is 17.3 Å². The second-order valence-corrected chi connectivity index (χ2v) is 6.13. The van der Waals surface area contributed by atoms with E-state index in [-0.39, 0.29) is 17.0 Å². The van der Waals surface area contributed by atoms with Crippen LogP contribution in [0.1, 0.15) is 18.9 Å². The topological polar surface area (TPSA) is 35.5 Å². The normalized spacial score (nSPS) is 23.6. The first-order chi connectivity index (χ1) is 10.2. The first-order valence-corrected chi connectivity index (χ1v) is 8.24. The molecule has 0 aromatic heterocycles. The Morgan fingerprint density at radius 1 is 1.33 bits per heavy atom. The SMILES string of the molecule is CSC(=O)[C@@H]1C(C)=CC[C@@H]1/C=C/c1ccc2c(c1)OCO2. The summed E-state index contributed by atoms with van der Waals surface area (Å²) < 4.78 is 10.7. The molecule has 2 aliphatic rings. The lowest BCUT2D eigenvalue weighted by Gasteiger charge is -2.16. The molecule has 1 aromatic carbocycles. The molecule has 0 bridgehead atoms. The lowest BCUT2D eigenvalue weighted by atomic mass is 9.92. The Hall–Kier alpha value is -1.68. The van der Waals surface area contributed by atoms with Gasteiger partial charge in [-0.15, -0.1) is 0 Å². The van der Waals surface area contributed by atoms with E-state index in [0.717, 1.165) is 23.5 Å². The van der Waals surface area contributed by atoms with Crippen molar-refractivity contribution in [3.8, 4) is 11.5 Å². The lowest BCUT2D eigenvalue weighted by Crippen LogP contribution is -2.16. The fourth-order valence-electron chi connectivity index (χ4n) is 2.85. The number of benzene rings is 1. The van der Waals surface area contributed by atoms with Crippen LogP contribution in [0.4, 0.5) is 0 Å². The Morgan fingerprint density at radius 3 is 2.95 bits per heavy atom. The minimum atomic E-state index is 0.0188. The van der Waals surface area contributed by atoms with E-state index in [1.54, 1.807) is 0 Å². The average Bonchev–Trinajstić information content (AvgIpc) is 3.10. The molecule has 0 saturated carbocycles. The Labute approximate surface area is 129 Å². The Balaban J connectivity index is 1.75. The third-order valence-corrected chi connectivity index (χ3v) is 4.67. The highest BCUT2D eigenvalue weighted by molar-refractivity contribution is 8.13. The second kappa shape index (κ2) is 5.98. The molecule has 0 unspecified atom stereocenters. The standard InChI is InChI=1S/C17H18O3S/c1-11-3-6-13(16(11)17(18)21-2)7-4-12-5-8-14-15(9-12)20-10-19-14/h3-5,7-9,13,16H,6,10H2,1-2H3/b7-4+/t13-,16-/m1/s1. The van der Waals surface area contributed by atoms with Crippen LogP contribution >= 0.6 is 11.8 Å². The summed E-state index contributed by atoms with van der Waals surface area (Å²) in [6.45, 7) is 2.34. The summed E-state index contributed by atoms with van der Waals surface area (Å²) in [5.74, 6) is 1.86. The van der Waals surface area contributed by atoms with Crippen molar-refractivity contribution in [2.75, 3.05) is 13.0 Å². The van der Waals surface area contributed by atoms with Crippen molar-refractivity contribution >= 4 is 23.0 Å². The van der Waals surface area contributed by atoms with Gasteiger partial charge in [-0.05, 0) is 43.2 Å². The molecule has 3 nitrogen and oxygen atoms in total. The molecule has 110 valence electrons. The van der Waals surface area contributed by atoms with Gasteiger partial charge in [-0.3, -0.25) is 4.79 Å². The molecule has 0 fully saturated rings.